The third-order valence-corrected chi connectivity index (χ3v) is 3.93. The fourth-order valence-corrected chi connectivity index (χ4v) is 2.77. The molecule has 0 amide bonds. The van der Waals surface area contributed by atoms with Crippen LogP contribution in [0.3, 0.4) is 0 Å². The highest BCUT2D eigenvalue weighted by atomic mass is 16.5. The number of hydrazone groups is 1. The van der Waals surface area contributed by atoms with Crippen LogP contribution in [0.15, 0.2) is 41.6 Å². The van der Waals surface area contributed by atoms with Crippen molar-refractivity contribution < 1.29 is 9.64 Å². The maximum absolute atomic E-state index is 11.9. The van der Waals surface area contributed by atoms with Crippen molar-refractivity contribution >= 4 is 18.2 Å². The number of aromatic nitrogens is 1. The third-order valence-electron chi connectivity index (χ3n) is 3.93. The van der Waals surface area contributed by atoms with Crippen molar-refractivity contribution in [2.75, 3.05) is 0 Å². The molecule has 22 heavy (non-hydrogen) atoms. The smallest absolute Gasteiger partial charge is 0.232 e. The molecule has 0 bridgehead atoms. The minimum atomic E-state index is 0.149. The molecule has 5 nitrogen and oxygen atoms in total. The minimum absolute atomic E-state index is 0.149. The Labute approximate surface area is 128 Å². The van der Waals surface area contributed by atoms with Gasteiger partial charge >= 0.3 is 0 Å². The zero-order valence-corrected chi connectivity index (χ0v) is 12.6. The molecule has 5 heteroatoms. The molecule has 0 saturated heterocycles. The second-order valence-corrected chi connectivity index (χ2v) is 5.54. The molecule has 0 saturated carbocycles. The van der Waals surface area contributed by atoms with E-state index < -0.39 is 0 Å². The van der Waals surface area contributed by atoms with Gasteiger partial charge in [0.15, 0.2) is 6.29 Å². The molecule has 1 aromatic carbocycles. The van der Waals surface area contributed by atoms with Crippen molar-refractivity contribution in [1.82, 2.24) is 4.57 Å². The van der Waals surface area contributed by atoms with E-state index >= 15 is 0 Å². The van der Waals surface area contributed by atoms with Gasteiger partial charge < -0.3 is 9.77 Å². The lowest BCUT2D eigenvalue weighted by Gasteiger charge is -2.15. The van der Waals surface area contributed by atoms with E-state index in [2.05, 4.69) is 5.10 Å². The van der Waals surface area contributed by atoms with Gasteiger partial charge in [-0.3, -0.25) is 4.79 Å². The van der Waals surface area contributed by atoms with Crippen LogP contribution in [0.5, 0.6) is 0 Å². The highest BCUT2D eigenvalue weighted by molar-refractivity contribution is 6.00. The summed E-state index contributed by atoms with van der Waals surface area (Å²) in [5, 5.41) is 15.7. The Morgan fingerprint density at radius 1 is 1.36 bits per heavy atom. The molecule has 1 atom stereocenters. The van der Waals surface area contributed by atoms with Crippen LogP contribution >= 0.6 is 0 Å². The Morgan fingerprint density at radius 3 is 2.68 bits per heavy atom. The zero-order chi connectivity index (χ0) is 15.7. The SMILES string of the molecule is Cc1cc(C=O)cn1-c1ccc(C2=[N+]([O-])N=CCC2C)cc1. The van der Waals surface area contributed by atoms with Crippen LogP contribution in [-0.4, -0.2) is 27.6 Å². The molecule has 1 unspecified atom stereocenters. The molecule has 1 aliphatic heterocycles. The van der Waals surface area contributed by atoms with Crippen molar-refractivity contribution in [2.24, 2.45) is 11.0 Å². The normalized spacial score (nSPS) is 17.8. The van der Waals surface area contributed by atoms with Crippen LogP contribution in [0.2, 0.25) is 0 Å². The fourth-order valence-electron chi connectivity index (χ4n) is 2.77. The lowest BCUT2D eigenvalue weighted by atomic mass is 9.95. The van der Waals surface area contributed by atoms with E-state index in [0.29, 0.717) is 16.1 Å². The summed E-state index contributed by atoms with van der Waals surface area (Å²) in [4.78, 5) is 11.6. The van der Waals surface area contributed by atoms with Gasteiger partial charge in [0, 0.05) is 40.2 Å². The first-order chi connectivity index (χ1) is 10.6. The molecule has 0 aliphatic carbocycles. The Hall–Kier alpha value is -2.69. The summed E-state index contributed by atoms with van der Waals surface area (Å²) in [5.41, 5.74) is 4.16. The fraction of sp³-hybridized carbons (Fsp3) is 0.235. The van der Waals surface area contributed by atoms with Gasteiger partial charge in [-0.15, -0.1) is 0 Å². The maximum Gasteiger partial charge on any atom is 0.232 e. The highest BCUT2D eigenvalue weighted by Crippen LogP contribution is 2.19. The molecule has 3 rings (SSSR count). The number of hydrogen-bond donors (Lipinski definition) is 0. The van der Waals surface area contributed by atoms with E-state index in [-0.39, 0.29) is 5.92 Å². The standard InChI is InChI=1S/C17H17N3O2/c1-12-7-8-18-20(22)17(12)15-3-5-16(6-4-15)19-10-14(11-21)9-13(19)2/h3-6,8-12H,7H2,1-2H3. The quantitative estimate of drug-likeness (QED) is 0.496. The summed E-state index contributed by atoms with van der Waals surface area (Å²) < 4.78 is 1.95. The number of hydrogen-bond acceptors (Lipinski definition) is 3. The van der Waals surface area contributed by atoms with Crippen LogP contribution < -0.4 is 0 Å². The van der Waals surface area contributed by atoms with Gasteiger partial charge in [-0.25, -0.2) is 0 Å². The van der Waals surface area contributed by atoms with Crippen LogP contribution in [-0.2, 0) is 0 Å². The number of nitrogens with zero attached hydrogens (tertiary/aromatic N) is 3. The predicted molar refractivity (Wildman–Crippen MR) is 85.9 cm³/mol. The second kappa shape index (κ2) is 5.60. The molecule has 2 aromatic rings. The largest absolute Gasteiger partial charge is 0.594 e. The van der Waals surface area contributed by atoms with Gasteiger partial charge in [-0.05, 0) is 37.3 Å². The highest BCUT2D eigenvalue weighted by Gasteiger charge is 2.24. The molecule has 1 aliphatic rings. The first-order valence-corrected chi connectivity index (χ1v) is 7.21. The van der Waals surface area contributed by atoms with Gasteiger partial charge in [-0.2, -0.15) is 0 Å². The van der Waals surface area contributed by atoms with Crippen molar-refractivity contribution in [2.45, 2.75) is 20.3 Å². The number of rotatable bonds is 3. The summed E-state index contributed by atoms with van der Waals surface area (Å²) >= 11 is 0. The number of benzene rings is 1. The molecule has 0 radical (unpaired) electrons. The van der Waals surface area contributed by atoms with E-state index in [1.807, 2.05) is 48.7 Å². The van der Waals surface area contributed by atoms with Gasteiger partial charge in [-0.1, -0.05) is 11.8 Å². The Morgan fingerprint density at radius 2 is 2.09 bits per heavy atom. The van der Waals surface area contributed by atoms with Crippen molar-refractivity contribution in [3.63, 3.8) is 0 Å². The Kier molecular flexibility index (Phi) is 3.63. The number of aryl methyl sites for hydroxylation is 1. The summed E-state index contributed by atoms with van der Waals surface area (Å²) in [6, 6.07) is 9.58. The maximum atomic E-state index is 11.9. The Bertz CT molecular complexity index is 770. The number of carbonyl (C=O) groups excluding carboxylic acids is 1. The lowest BCUT2D eigenvalue weighted by Crippen LogP contribution is -2.25. The summed E-state index contributed by atoms with van der Waals surface area (Å²) in [7, 11) is 0. The lowest BCUT2D eigenvalue weighted by molar-refractivity contribution is -0.466. The summed E-state index contributed by atoms with van der Waals surface area (Å²) in [6.45, 7) is 3.97. The van der Waals surface area contributed by atoms with Crippen LogP contribution in [0.4, 0.5) is 0 Å². The van der Waals surface area contributed by atoms with Gasteiger partial charge in [0.05, 0.1) is 12.1 Å². The molecular formula is C17H17N3O2. The average molecular weight is 295 g/mol. The molecule has 0 spiro atoms. The van der Waals surface area contributed by atoms with Gasteiger partial charge in [0.25, 0.3) is 0 Å². The third kappa shape index (κ3) is 2.45. The molecule has 0 N–H and O–H groups in total. The van der Waals surface area contributed by atoms with E-state index in [1.165, 1.54) is 0 Å². The van der Waals surface area contributed by atoms with Crippen LogP contribution in [0, 0.1) is 18.0 Å². The van der Waals surface area contributed by atoms with Crippen molar-refractivity contribution in [3.05, 3.63) is 58.6 Å². The Balaban J connectivity index is 1.98. The van der Waals surface area contributed by atoms with E-state index in [9.17, 15) is 10.0 Å². The molecule has 2 heterocycles. The van der Waals surface area contributed by atoms with Crippen molar-refractivity contribution in [3.8, 4) is 5.69 Å². The first-order valence-electron chi connectivity index (χ1n) is 7.21. The summed E-state index contributed by atoms with van der Waals surface area (Å²) in [6.07, 6.45) is 5.07. The minimum Gasteiger partial charge on any atom is -0.594 e. The molecular weight excluding hydrogens is 278 g/mol. The topological polar surface area (TPSA) is 60.4 Å². The number of aldehydes is 1. The van der Waals surface area contributed by atoms with E-state index in [0.717, 1.165) is 29.7 Å². The van der Waals surface area contributed by atoms with E-state index in [4.69, 9.17) is 0 Å². The second-order valence-electron chi connectivity index (χ2n) is 5.54. The average Bonchev–Trinajstić information content (AvgIpc) is 2.89. The van der Waals surface area contributed by atoms with Crippen LogP contribution in [0.1, 0.15) is 35.0 Å². The van der Waals surface area contributed by atoms with Crippen LogP contribution in [0.25, 0.3) is 5.69 Å². The molecule has 112 valence electrons. The molecule has 0 fully saturated rings. The van der Waals surface area contributed by atoms with E-state index in [1.54, 1.807) is 12.4 Å². The number of carbonyl (C=O) groups is 1. The predicted octanol–water partition coefficient (Wildman–Crippen LogP) is 2.92. The monoisotopic (exact) mass is 295 g/mol. The summed E-state index contributed by atoms with van der Waals surface area (Å²) in [5.74, 6) is 0.149. The zero-order valence-electron chi connectivity index (χ0n) is 12.6. The van der Waals surface area contributed by atoms with Gasteiger partial charge in [0.1, 0.15) is 0 Å². The first kappa shape index (κ1) is 14.3. The molecule has 1 aromatic heterocycles. The van der Waals surface area contributed by atoms with Gasteiger partial charge in [0.2, 0.25) is 5.71 Å². The van der Waals surface area contributed by atoms with Crippen molar-refractivity contribution in [1.29, 1.82) is 0 Å².